The van der Waals surface area contributed by atoms with E-state index in [1.165, 1.54) is 23.5 Å². The molecule has 0 radical (unpaired) electrons. The summed E-state index contributed by atoms with van der Waals surface area (Å²) < 4.78 is 29.5. The van der Waals surface area contributed by atoms with Crippen LogP contribution in [0.15, 0.2) is 27.5 Å². The molecule has 8 nitrogen and oxygen atoms in total. The van der Waals surface area contributed by atoms with E-state index in [9.17, 15) is 18.0 Å². The molecule has 0 unspecified atom stereocenters. The number of hydrazine groups is 1. The highest BCUT2D eigenvalue weighted by atomic mass is 35.5. The van der Waals surface area contributed by atoms with Gasteiger partial charge in [-0.3, -0.25) is 20.4 Å². The van der Waals surface area contributed by atoms with E-state index in [0.29, 0.717) is 29.4 Å². The maximum atomic E-state index is 12.8. The van der Waals surface area contributed by atoms with Crippen LogP contribution in [-0.2, 0) is 16.4 Å². The van der Waals surface area contributed by atoms with E-state index in [1.807, 2.05) is 18.7 Å². The third-order valence-electron chi connectivity index (χ3n) is 5.54. The van der Waals surface area contributed by atoms with Gasteiger partial charge in [0, 0.05) is 17.8 Å². The molecule has 2 aromatic rings. The highest BCUT2D eigenvalue weighted by Gasteiger charge is 2.33. The van der Waals surface area contributed by atoms with Crippen LogP contribution in [0.4, 0.5) is 5.69 Å². The van der Waals surface area contributed by atoms with Crippen molar-refractivity contribution in [2.75, 3.05) is 11.4 Å². The first-order chi connectivity index (χ1) is 15.2. The topological polar surface area (TPSA) is 108 Å². The number of benzene rings is 1. The van der Waals surface area contributed by atoms with Crippen molar-refractivity contribution in [3.8, 4) is 0 Å². The lowest BCUT2D eigenvalue weighted by molar-refractivity contribution is 0.0849. The van der Waals surface area contributed by atoms with E-state index in [1.54, 1.807) is 6.07 Å². The average molecular weight is 495 g/mol. The molecule has 11 heteroatoms. The fraction of sp³-hybridized carbons (Fsp3) is 0.381. The molecule has 1 aromatic carbocycles. The summed E-state index contributed by atoms with van der Waals surface area (Å²) in [5, 5.41) is 0.0939. The highest BCUT2D eigenvalue weighted by Crippen LogP contribution is 2.37. The second-order valence-corrected chi connectivity index (χ2v) is 10.8. The normalized spacial score (nSPS) is 17.0. The predicted molar refractivity (Wildman–Crippen MR) is 125 cm³/mol. The molecule has 32 heavy (non-hydrogen) atoms. The number of carbonyl (C=O) groups excluding carboxylic acids is 2. The molecule has 1 saturated heterocycles. The van der Waals surface area contributed by atoms with Crippen molar-refractivity contribution in [1.82, 2.24) is 10.9 Å². The molecular formula is C21H23ClN4O4S2. The first-order valence-electron chi connectivity index (χ1n) is 10.4. The third-order valence-corrected chi connectivity index (χ3v) is 8.56. The van der Waals surface area contributed by atoms with Crippen LogP contribution in [0.5, 0.6) is 0 Å². The van der Waals surface area contributed by atoms with Gasteiger partial charge in [0.15, 0.2) is 0 Å². The van der Waals surface area contributed by atoms with E-state index in [2.05, 4.69) is 15.2 Å². The summed E-state index contributed by atoms with van der Waals surface area (Å²) in [4.78, 5) is 28.5. The zero-order valence-corrected chi connectivity index (χ0v) is 20.1. The number of halogens is 1. The molecule has 0 aliphatic carbocycles. The molecule has 0 bridgehead atoms. The first kappa shape index (κ1) is 22.8. The van der Waals surface area contributed by atoms with Gasteiger partial charge in [0.2, 0.25) is 0 Å². The Morgan fingerprint density at radius 2 is 1.91 bits per heavy atom. The molecule has 0 atom stereocenters. The third kappa shape index (κ3) is 4.26. The SMILES string of the molecule is CCc1sc(C(=O)NNC(=O)c2cc3c(cc2Cl)N2CCCCCC2=NS3(=O)=O)cc1C. The number of aryl methyl sites for hydroxylation is 2. The Labute approximate surface area is 195 Å². The molecule has 3 heterocycles. The predicted octanol–water partition coefficient (Wildman–Crippen LogP) is 3.83. The summed E-state index contributed by atoms with van der Waals surface area (Å²) in [6.07, 6.45) is 4.16. The molecule has 2 amide bonds. The highest BCUT2D eigenvalue weighted by molar-refractivity contribution is 7.90. The Morgan fingerprint density at radius 3 is 2.62 bits per heavy atom. The first-order valence-corrected chi connectivity index (χ1v) is 13.0. The van der Waals surface area contributed by atoms with Crippen molar-refractivity contribution in [3.05, 3.63) is 44.1 Å². The largest absolute Gasteiger partial charge is 0.328 e. The molecule has 4 rings (SSSR count). The molecule has 0 spiro atoms. The molecule has 0 saturated carbocycles. The Hall–Kier alpha value is -2.43. The number of anilines is 1. The van der Waals surface area contributed by atoms with E-state index >= 15 is 0 Å². The number of nitrogens with one attached hydrogen (secondary N) is 2. The number of thiophene rings is 1. The van der Waals surface area contributed by atoms with Crippen LogP contribution >= 0.6 is 22.9 Å². The van der Waals surface area contributed by atoms with Crippen molar-refractivity contribution in [1.29, 1.82) is 0 Å². The van der Waals surface area contributed by atoms with Crippen molar-refractivity contribution in [3.63, 3.8) is 0 Å². The number of nitrogens with zero attached hydrogens (tertiary/aromatic N) is 2. The van der Waals surface area contributed by atoms with Crippen LogP contribution in [0.3, 0.4) is 0 Å². The number of hydrogen-bond acceptors (Lipinski definition) is 6. The summed E-state index contributed by atoms with van der Waals surface area (Å²) in [7, 11) is -3.96. The smallest absolute Gasteiger partial charge is 0.286 e. The standard InChI is InChI=1S/C21H23ClN4O4S2/c1-3-16-12(2)9-17(31-16)21(28)24-23-20(27)13-10-18-15(11-14(13)22)26-8-6-4-5-7-19(26)25-32(18,29)30/h9-11H,3-8H2,1-2H3,(H,23,27)(H,24,28). The van der Waals surface area contributed by atoms with Gasteiger partial charge in [-0.2, -0.15) is 8.42 Å². The van der Waals surface area contributed by atoms with Crippen LogP contribution in [0.1, 0.15) is 63.1 Å². The maximum absolute atomic E-state index is 12.8. The van der Waals surface area contributed by atoms with Gasteiger partial charge in [-0.25, -0.2) is 0 Å². The van der Waals surface area contributed by atoms with Gasteiger partial charge in [0.1, 0.15) is 10.7 Å². The van der Waals surface area contributed by atoms with Crippen LogP contribution in [0.25, 0.3) is 0 Å². The van der Waals surface area contributed by atoms with Gasteiger partial charge >= 0.3 is 0 Å². The minimum atomic E-state index is -3.96. The van der Waals surface area contributed by atoms with Crippen molar-refractivity contribution in [2.24, 2.45) is 4.40 Å². The van der Waals surface area contributed by atoms with Crippen molar-refractivity contribution < 1.29 is 18.0 Å². The fourth-order valence-corrected chi connectivity index (χ4v) is 6.41. The van der Waals surface area contributed by atoms with Crippen LogP contribution < -0.4 is 15.8 Å². The zero-order valence-electron chi connectivity index (χ0n) is 17.7. The van der Waals surface area contributed by atoms with Gasteiger partial charge in [-0.1, -0.05) is 24.9 Å². The van der Waals surface area contributed by atoms with Gasteiger partial charge < -0.3 is 4.90 Å². The van der Waals surface area contributed by atoms with Crippen molar-refractivity contribution in [2.45, 2.75) is 50.8 Å². The van der Waals surface area contributed by atoms with Gasteiger partial charge in [-0.05, 0) is 49.9 Å². The Bertz CT molecular complexity index is 1240. The lowest BCUT2D eigenvalue weighted by atomic mass is 10.1. The monoisotopic (exact) mass is 494 g/mol. The maximum Gasteiger partial charge on any atom is 0.286 e. The van der Waals surface area contributed by atoms with Crippen LogP contribution in [0.2, 0.25) is 5.02 Å². The molecular weight excluding hydrogens is 472 g/mol. The van der Waals surface area contributed by atoms with E-state index in [-0.39, 0.29) is 15.5 Å². The molecule has 1 fully saturated rings. The molecule has 2 aliphatic rings. The van der Waals surface area contributed by atoms with Gasteiger partial charge in [-0.15, -0.1) is 15.7 Å². The Kier molecular flexibility index (Phi) is 6.28. The summed E-state index contributed by atoms with van der Waals surface area (Å²) in [5.74, 6) is -0.657. The number of carbonyl (C=O) groups is 2. The fourth-order valence-electron chi connectivity index (χ4n) is 3.90. The zero-order chi connectivity index (χ0) is 23.0. The summed E-state index contributed by atoms with van der Waals surface area (Å²) >= 11 is 7.72. The van der Waals surface area contributed by atoms with Gasteiger partial charge in [0.25, 0.3) is 21.8 Å². The van der Waals surface area contributed by atoms with Crippen molar-refractivity contribution >= 4 is 56.3 Å². The van der Waals surface area contributed by atoms with E-state index in [4.69, 9.17) is 11.6 Å². The average Bonchev–Trinajstić information content (AvgIpc) is 2.97. The number of sulfonamides is 1. The number of amides is 2. The molecule has 1 aromatic heterocycles. The number of amidine groups is 1. The van der Waals surface area contributed by atoms with E-state index in [0.717, 1.165) is 36.1 Å². The minimum Gasteiger partial charge on any atom is -0.328 e. The summed E-state index contributed by atoms with van der Waals surface area (Å²) in [5.41, 5.74) is 6.09. The van der Waals surface area contributed by atoms with Crippen LogP contribution in [0, 0.1) is 6.92 Å². The number of rotatable bonds is 3. The summed E-state index contributed by atoms with van der Waals surface area (Å²) in [6.45, 7) is 4.57. The number of fused-ring (bicyclic) bond motifs is 3. The second kappa shape index (κ2) is 8.84. The minimum absolute atomic E-state index is 0.0561. The van der Waals surface area contributed by atoms with Gasteiger partial charge in [0.05, 0.1) is 21.2 Å². The van der Waals surface area contributed by atoms with E-state index < -0.39 is 21.8 Å². The Morgan fingerprint density at radius 1 is 1.16 bits per heavy atom. The Balaban J connectivity index is 1.58. The molecule has 170 valence electrons. The molecule has 2 N–H and O–H groups in total. The summed E-state index contributed by atoms with van der Waals surface area (Å²) in [6, 6.07) is 4.48. The lowest BCUT2D eigenvalue weighted by Crippen LogP contribution is -2.41. The quantitative estimate of drug-likeness (QED) is 0.630. The number of hydrogen-bond donors (Lipinski definition) is 2. The molecule has 2 aliphatic heterocycles. The van der Waals surface area contributed by atoms with Crippen LogP contribution in [-0.4, -0.2) is 32.6 Å². The second-order valence-electron chi connectivity index (χ2n) is 7.72. The lowest BCUT2D eigenvalue weighted by Gasteiger charge is -2.30.